The number of nitrogens with zero attached hydrogens (tertiary/aromatic N) is 3. The Kier molecular flexibility index (Phi) is 3.47. The van der Waals surface area contributed by atoms with Crippen LogP contribution in [0.4, 0.5) is 13.2 Å². The van der Waals surface area contributed by atoms with E-state index in [1.807, 2.05) is 0 Å². The van der Waals surface area contributed by atoms with Gasteiger partial charge in [-0.1, -0.05) is 5.21 Å². The molecule has 20 heavy (non-hydrogen) atoms. The lowest BCUT2D eigenvalue weighted by Crippen LogP contribution is -2.17. The Hall–Kier alpha value is -2.38. The van der Waals surface area contributed by atoms with Crippen LogP contribution in [0.3, 0.4) is 0 Å². The van der Waals surface area contributed by atoms with Crippen molar-refractivity contribution < 1.29 is 22.7 Å². The van der Waals surface area contributed by atoms with E-state index in [1.54, 1.807) is 6.92 Å². The molecule has 8 heteroatoms. The molecular weight excluding hydrogens is 275 g/mol. The number of ketones is 1. The van der Waals surface area contributed by atoms with Crippen molar-refractivity contribution in [2.24, 2.45) is 0 Å². The molecule has 0 bridgehead atoms. The van der Waals surface area contributed by atoms with Crippen LogP contribution < -0.4 is 4.74 Å². The zero-order chi connectivity index (χ0) is 14.9. The summed E-state index contributed by atoms with van der Waals surface area (Å²) in [5, 5.41) is 7.52. The maximum atomic E-state index is 12.0. The Balaban J connectivity index is 2.29. The fourth-order valence-electron chi connectivity index (χ4n) is 1.69. The number of halogens is 3. The Morgan fingerprint density at radius 1 is 1.25 bits per heavy atom. The van der Waals surface area contributed by atoms with Crippen LogP contribution in [0.25, 0.3) is 5.69 Å². The summed E-state index contributed by atoms with van der Waals surface area (Å²) < 4.78 is 41.2. The van der Waals surface area contributed by atoms with Crippen molar-refractivity contribution in [3.63, 3.8) is 0 Å². The minimum atomic E-state index is -4.73. The molecule has 0 aliphatic rings. The molecule has 0 aliphatic heterocycles. The topological polar surface area (TPSA) is 57.0 Å². The van der Waals surface area contributed by atoms with Crippen LogP contribution in [0.1, 0.15) is 23.1 Å². The molecule has 0 atom stereocenters. The summed E-state index contributed by atoms with van der Waals surface area (Å²) in [6.45, 7) is 3.01. The second-order valence-corrected chi connectivity index (χ2v) is 4.03. The molecule has 2 rings (SSSR count). The van der Waals surface area contributed by atoms with Crippen molar-refractivity contribution in [3.05, 3.63) is 35.7 Å². The molecule has 0 aliphatic carbocycles. The third-order valence-corrected chi connectivity index (χ3v) is 2.54. The molecule has 0 amide bonds. The van der Waals surface area contributed by atoms with Gasteiger partial charge in [0.2, 0.25) is 0 Å². The number of ether oxygens (including phenoxy) is 1. The molecule has 0 N–H and O–H groups in total. The molecule has 106 valence electrons. The summed E-state index contributed by atoms with van der Waals surface area (Å²) in [5.74, 6) is -0.559. The highest BCUT2D eigenvalue weighted by atomic mass is 19.4. The van der Waals surface area contributed by atoms with E-state index in [2.05, 4.69) is 15.0 Å². The van der Waals surface area contributed by atoms with Crippen LogP contribution in [-0.4, -0.2) is 27.1 Å². The number of hydrogen-bond acceptors (Lipinski definition) is 4. The maximum absolute atomic E-state index is 12.0. The van der Waals surface area contributed by atoms with E-state index in [-0.39, 0.29) is 17.2 Å². The zero-order valence-electron chi connectivity index (χ0n) is 10.6. The van der Waals surface area contributed by atoms with Gasteiger partial charge in [-0.2, -0.15) is 0 Å². The van der Waals surface area contributed by atoms with Crippen molar-refractivity contribution in [2.75, 3.05) is 0 Å². The van der Waals surface area contributed by atoms with Crippen LogP contribution in [0.15, 0.2) is 24.3 Å². The van der Waals surface area contributed by atoms with Crippen molar-refractivity contribution in [2.45, 2.75) is 20.2 Å². The molecular formula is C12H10F3N3O2. The summed E-state index contributed by atoms with van der Waals surface area (Å²) in [7, 11) is 0. The molecule has 0 spiro atoms. The van der Waals surface area contributed by atoms with Crippen LogP contribution in [0.2, 0.25) is 0 Å². The van der Waals surface area contributed by atoms with Gasteiger partial charge in [-0.3, -0.25) is 4.79 Å². The van der Waals surface area contributed by atoms with Gasteiger partial charge in [0.15, 0.2) is 11.5 Å². The molecule has 0 saturated heterocycles. The van der Waals surface area contributed by atoms with E-state index in [9.17, 15) is 18.0 Å². The van der Waals surface area contributed by atoms with Crippen molar-refractivity contribution in [1.29, 1.82) is 0 Å². The predicted octanol–water partition coefficient (Wildman–Crippen LogP) is 2.68. The molecule has 5 nitrogen and oxygen atoms in total. The van der Waals surface area contributed by atoms with E-state index >= 15 is 0 Å². The van der Waals surface area contributed by atoms with Gasteiger partial charge in [0.25, 0.3) is 0 Å². The van der Waals surface area contributed by atoms with Gasteiger partial charge in [-0.05, 0) is 31.2 Å². The number of carbonyl (C=O) groups excluding carboxylic acids is 1. The monoisotopic (exact) mass is 285 g/mol. The van der Waals surface area contributed by atoms with E-state index in [0.717, 1.165) is 12.1 Å². The third-order valence-electron chi connectivity index (χ3n) is 2.54. The summed E-state index contributed by atoms with van der Waals surface area (Å²) in [5.41, 5.74) is 1.22. The van der Waals surface area contributed by atoms with E-state index in [0.29, 0.717) is 11.4 Å². The van der Waals surface area contributed by atoms with E-state index in [4.69, 9.17) is 0 Å². The van der Waals surface area contributed by atoms with Gasteiger partial charge in [-0.25, -0.2) is 4.68 Å². The highest BCUT2D eigenvalue weighted by molar-refractivity contribution is 5.93. The largest absolute Gasteiger partial charge is 0.573 e. The second-order valence-electron chi connectivity index (χ2n) is 4.03. The van der Waals surface area contributed by atoms with Gasteiger partial charge in [-0.15, -0.1) is 18.3 Å². The lowest BCUT2D eigenvalue weighted by Gasteiger charge is -2.09. The highest BCUT2D eigenvalue weighted by Gasteiger charge is 2.31. The number of Topliss-reactive ketones (excluding diaryl/α,β-unsaturated/α-hetero) is 1. The first-order valence-electron chi connectivity index (χ1n) is 5.57. The normalized spacial score (nSPS) is 11.4. The lowest BCUT2D eigenvalue weighted by atomic mass is 10.2. The molecule has 0 unspecified atom stereocenters. The summed E-state index contributed by atoms with van der Waals surface area (Å²) >= 11 is 0. The third kappa shape index (κ3) is 2.95. The van der Waals surface area contributed by atoms with Crippen LogP contribution >= 0.6 is 0 Å². The number of hydrogen-bond donors (Lipinski definition) is 0. The van der Waals surface area contributed by atoms with Crippen molar-refractivity contribution >= 4 is 5.78 Å². The second kappa shape index (κ2) is 4.95. The van der Waals surface area contributed by atoms with Gasteiger partial charge in [0, 0.05) is 6.92 Å². The number of rotatable bonds is 3. The average Bonchev–Trinajstić information content (AvgIpc) is 2.70. The Morgan fingerprint density at radius 3 is 2.30 bits per heavy atom. The molecule has 2 aromatic rings. The quantitative estimate of drug-likeness (QED) is 0.813. The Morgan fingerprint density at radius 2 is 1.85 bits per heavy atom. The number of aromatic nitrogens is 3. The Bertz CT molecular complexity index is 632. The highest BCUT2D eigenvalue weighted by Crippen LogP contribution is 2.24. The van der Waals surface area contributed by atoms with Crippen LogP contribution in [-0.2, 0) is 0 Å². The maximum Gasteiger partial charge on any atom is 0.573 e. The molecule has 1 aromatic heterocycles. The van der Waals surface area contributed by atoms with Gasteiger partial charge < -0.3 is 4.74 Å². The lowest BCUT2D eigenvalue weighted by molar-refractivity contribution is -0.274. The SMILES string of the molecule is CC(=O)c1nnn(-c2ccc(OC(F)(F)F)cc2)c1C. The molecule has 1 heterocycles. The van der Waals surface area contributed by atoms with Crippen LogP contribution in [0, 0.1) is 6.92 Å². The fourth-order valence-corrected chi connectivity index (χ4v) is 1.69. The van der Waals surface area contributed by atoms with Gasteiger partial charge in [0.05, 0.1) is 11.4 Å². The number of alkyl halides is 3. The molecule has 0 saturated carbocycles. The summed E-state index contributed by atoms with van der Waals surface area (Å²) in [4.78, 5) is 11.3. The first-order valence-corrected chi connectivity index (χ1v) is 5.57. The average molecular weight is 285 g/mol. The van der Waals surface area contributed by atoms with E-state index < -0.39 is 6.36 Å². The number of benzene rings is 1. The molecule has 0 fully saturated rings. The van der Waals surface area contributed by atoms with Gasteiger partial charge in [0.1, 0.15) is 5.75 Å². The minimum Gasteiger partial charge on any atom is -0.406 e. The first-order chi connectivity index (χ1) is 9.28. The summed E-state index contributed by atoms with van der Waals surface area (Å²) in [6.07, 6.45) is -4.73. The molecule has 0 radical (unpaired) electrons. The predicted molar refractivity (Wildman–Crippen MR) is 62.8 cm³/mol. The van der Waals surface area contributed by atoms with E-state index in [1.165, 1.54) is 23.7 Å². The zero-order valence-corrected chi connectivity index (χ0v) is 10.6. The fraction of sp³-hybridized carbons (Fsp3) is 0.250. The first kappa shape index (κ1) is 14.0. The van der Waals surface area contributed by atoms with Crippen LogP contribution in [0.5, 0.6) is 5.75 Å². The Labute approximate surface area is 112 Å². The van der Waals surface area contributed by atoms with Crippen molar-refractivity contribution in [3.8, 4) is 11.4 Å². The smallest absolute Gasteiger partial charge is 0.406 e. The summed E-state index contributed by atoms with van der Waals surface area (Å²) in [6, 6.07) is 5.12. The standard InChI is InChI=1S/C12H10F3N3O2/c1-7-11(8(2)19)16-17-18(7)9-3-5-10(6-4-9)20-12(13,14)15/h3-6H,1-2H3. The number of carbonyl (C=O) groups is 1. The van der Waals surface area contributed by atoms with Gasteiger partial charge >= 0.3 is 6.36 Å². The molecule has 1 aromatic carbocycles. The minimum absolute atomic E-state index is 0.223. The van der Waals surface area contributed by atoms with Crippen molar-refractivity contribution in [1.82, 2.24) is 15.0 Å².